The number of carbonyl (C=O) groups excluding carboxylic acids is 2. The maximum Gasteiger partial charge on any atom is 0.405 e. The highest BCUT2D eigenvalue weighted by atomic mass is 16.6. The Bertz CT molecular complexity index is 327. The second kappa shape index (κ2) is 6.75. The summed E-state index contributed by atoms with van der Waals surface area (Å²) in [7, 11) is 1.43. The molecule has 0 saturated heterocycles. The molecule has 1 atom stereocenters. The molecule has 0 aliphatic heterocycles. The van der Waals surface area contributed by atoms with E-state index in [-0.39, 0.29) is 11.8 Å². The molecule has 0 spiro atoms. The first-order chi connectivity index (χ1) is 8.85. The fourth-order valence-electron chi connectivity index (χ4n) is 2.43. The van der Waals surface area contributed by atoms with Crippen molar-refractivity contribution in [3.05, 3.63) is 0 Å². The van der Waals surface area contributed by atoms with E-state index in [1.165, 1.54) is 13.5 Å². The summed E-state index contributed by atoms with van der Waals surface area (Å²) in [5.41, 5.74) is 6.78. The predicted octanol–water partition coefficient (Wildman–Crippen LogP) is 1.73. The molecule has 1 aliphatic carbocycles. The van der Waals surface area contributed by atoms with E-state index in [4.69, 9.17) is 15.3 Å². The Hall–Kier alpha value is -1.30. The molecule has 19 heavy (non-hydrogen) atoms. The third-order valence-electron chi connectivity index (χ3n) is 3.69. The highest BCUT2D eigenvalue weighted by molar-refractivity contribution is 5.78. The van der Waals surface area contributed by atoms with Gasteiger partial charge in [-0.1, -0.05) is 6.42 Å². The lowest BCUT2D eigenvalue weighted by Gasteiger charge is -2.34. The summed E-state index contributed by atoms with van der Waals surface area (Å²) in [6, 6.07) is 0. The summed E-state index contributed by atoms with van der Waals surface area (Å²) in [5.74, 6) is 0.214. The zero-order valence-corrected chi connectivity index (χ0v) is 11.9. The Morgan fingerprint density at radius 3 is 2.47 bits per heavy atom. The van der Waals surface area contributed by atoms with Crippen LogP contribution >= 0.6 is 0 Å². The van der Waals surface area contributed by atoms with Crippen molar-refractivity contribution in [3.63, 3.8) is 0 Å². The molecule has 1 saturated carbocycles. The normalized spacial score (nSPS) is 17.4. The van der Waals surface area contributed by atoms with Gasteiger partial charge in [0.1, 0.15) is 5.60 Å². The number of nitrogens with one attached hydrogen (secondary N) is 1. The maximum absolute atomic E-state index is 11.9. The maximum atomic E-state index is 11.9. The monoisotopic (exact) mass is 272 g/mol. The second-order valence-corrected chi connectivity index (χ2v) is 5.69. The van der Waals surface area contributed by atoms with Crippen LogP contribution in [-0.2, 0) is 14.4 Å². The van der Waals surface area contributed by atoms with Crippen LogP contribution in [0.1, 0.15) is 46.0 Å². The van der Waals surface area contributed by atoms with Gasteiger partial charge in [-0.25, -0.2) is 10.3 Å². The Balaban J connectivity index is 2.52. The molecule has 1 fully saturated rings. The summed E-state index contributed by atoms with van der Waals surface area (Å²) >= 11 is 0. The van der Waals surface area contributed by atoms with Gasteiger partial charge < -0.3 is 10.5 Å². The van der Waals surface area contributed by atoms with E-state index < -0.39 is 11.7 Å². The van der Waals surface area contributed by atoms with Crippen molar-refractivity contribution in [3.8, 4) is 0 Å². The van der Waals surface area contributed by atoms with Crippen molar-refractivity contribution in [1.82, 2.24) is 5.48 Å². The van der Waals surface area contributed by atoms with Crippen molar-refractivity contribution in [2.75, 3.05) is 7.11 Å². The lowest BCUT2D eigenvalue weighted by atomic mass is 9.73. The summed E-state index contributed by atoms with van der Waals surface area (Å²) < 4.78 is 5.04. The molecule has 6 heteroatoms. The molecule has 1 unspecified atom stereocenters. The molecule has 0 aromatic carbocycles. The summed E-state index contributed by atoms with van der Waals surface area (Å²) in [4.78, 5) is 27.4. The standard InChI is InChI=1S/C13H24N2O4/c1-13(2,19-12(14)17)8-7-10(9-5-4-6-9)11(16)15-18-3/h9-10H,4-8H2,1-3H3,(H2,14,17)(H,15,16). The van der Waals surface area contributed by atoms with E-state index in [1.807, 2.05) is 0 Å². The van der Waals surface area contributed by atoms with E-state index in [0.717, 1.165) is 12.8 Å². The van der Waals surface area contributed by atoms with Crippen LogP contribution in [0.5, 0.6) is 0 Å². The van der Waals surface area contributed by atoms with E-state index in [1.54, 1.807) is 13.8 Å². The zero-order chi connectivity index (χ0) is 14.5. The van der Waals surface area contributed by atoms with Crippen molar-refractivity contribution in [2.24, 2.45) is 17.6 Å². The van der Waals surface area contributed by atoms with Crippen molar-refractivity contribution in [1.29, 1.82) is 0 Å². The van der Waals surface area contributed by atoms with Gasteiger partial charge in [0.2, 0.25) is 5.91 Å². The van der Waals surface area contributed by atoms with E-state index in [2.05, 4.69) is 5.48 Å². The van der Waals surface area contributed by atoms with Crippen LogP contribution in [0, 0.1) is 11.8 Å². The van der Waals surface area contributed by atoms with Gasteiger partial charge in [0.25, 0.3) is 0 Å². The molecule has 0 aromatic rings. The summed E-state index contributed by atoms with van der Waals surface area (Å²) in [6.07, 6.45) is 3.76. The molecule has 0 heterocycles. The smallest absolute Gasteiger partial charge is 0.405 e. The first-order valence-corrected chi connectivity index (χ1v) is 6.67. The number of amides is 2. The van der Waals surface area contributed by atoms with Gasteiger partial charge in [0.15, 0.2) is 0 Å². The van der Waals surface area contributed by atoms with Gasteiger partial charge in [-0.3, -0.25) is 9.63 Å². The number of hydrogen-bond acceptors (Lipinski definition) is 4. The summed E-state index contributed by atoms with van der Waals surface area (Å²) in [5, 5.41) is 0. The first-order valence-electron chi connectivity index (χ1n) is 6.67. The van der Waals surface area contributed by atoms with Crippen LogP contribution in [0.15, 0.2) is 0 Å². The lowest BCUT2D eigenvalue weighted by molar-refractivity contribution is -0.139. The van der Waals surface area contributed by atoms with Gasteiger partial charge in [0, 0.05) is 5.92 Å². The molecule has 2 amide bonds. The van der Waals surface area contributed by atoms with Gasteiger partial charge in [-0.15, -0.1) is 0 Å². The molecule has 0 aromatic heterocycles. The van der Waals surface area contributed by atoms with Crippen molar-refractivity contribution in [2.45, 2.75) is 51.6 Å². The number of hydrogen-bond donors (Lipinski definition) is 2. The van der Waals surface area contributed by atoms with Gasteiger partial charge in [-0.05, 0) is 45.4 Å². The van der Waals surface area contributed by atoms with Crippen molar-refractivity contribution < 1.29 is 19.2 Å². The van der Waals surface area contributed by atoms with Gasteiger partial charge >= 0.3 is 6.09 Å². The molecule has 1 rings (SSSR count). The Morgan fingerprint density at radius 2 is 2.05 bits per heavy atom. The lowest BCUT2D eigenvalue weighted by Crippen LogP contribution is -2.39. The van der Waals surface area contributed by atoms with E-state index in [9.17, 15) is 9.59 Å². The SMILES string of the molecule is CONC(=O)C(CCC(C)(C)OC(N)=O)C1CCC1. The van der Waals surface area contributed by atoms with Crippen LogP contribution in [0.4, 0.5) is 4.79 Å². The minimum Gasteiger partial charge on any atom is -0.444 e. The fourth-order valence-corrected chi connectivity index (χ4v) is 2.43. The predicted molar refractivity (Wildman–Crippen MR) is 70.0 cm³/mol. The minimum absolute atomic E-state index is 0.0931. The third kappa shape index (κ3) is 5.06. The molecular formula is C13H24N2O4. The van der Waals surface area contributed by atoms with Crippen LogP contribution in [0.3, 0.4) is 0 Å². The average Bonchev–Trinajstić information content (AvgIpc) is 2.19. The highest BCUT2D eigenvalue weighted by Crippen LogP contribution is 2.37. The zero-order valence-electron chi connectivity index (χ0n) is 11.9. The van der Waals surface area contributed by atoms with E-state index >= 15 is 0 Å². The molecule has 6 nitrogen and oxygen atoms in total. The van der Waals surface area contributed by atoms with E-state index in [0.29, 0.717) is 18.8 Å². The van der Waals surface area contributed by atoms with Crippen LogP contribution in [0.2, 0.25) is 0 Å². The molecular weight excluding hydrogens is 248 g/mol. The van der Waals surface area contributed by atoms with Crippen LogP contribution in [-0.4, -0.2) is 24.7 Å². The number of hydroxylamine groups is 1. The molecule has 3 N–H and O–H groups in total. The number of carbonyl (C=O) groups is 2. The molecule has 0 radical (unpaired) electrons. The Kier molecular flexibility index (Phi) is 5.60. The summed E-state index contributed by atoms with van der Waals surface area (Å²) in [6.45, 7) is 3.59. The Labute approximate surface area is 114 Å². The molecule has 1 aliphatic rings. The first kappa shape index (κ1) is 15.8. The van der Waals surface area contributed by atoms with Crippen molar-refractivity contribution >= 4 is 12.0 Å². The molecule has 110 valence electrons. The number of nitrogens with two attached hydrogens (primary N) is 1. The van der Waals surface area contributed by atoms with Crippen LogP contribution < -0.4 is 11.2 Å². The second-order valence-electron chi connectivity index (χ2n) is 5.69. The molecule has 0 bridgehead atoms. The van der Waals surface area contributed by atoms with Gasteiger partial charge in [-0.2, -0.15) is 0 Å². The number of ether oxygens (including phenoxy) is 1. The quantitative estimate of drug-likeness (QED) is 0.690. The number of rotatable bonds is 7. The number of primary amides is 1. The van der Waals surface area contributed by atoms with Gasteiger partial charge in [0.05, 0.1) is 7.11 Å². The minimum atomic E-state index is -0.786. The topological polar surface area (TPSA) is 90.7 Å². The third-order valence-corrected chi connectivity index (χ3v) is 3.69. The Morgan fingerprint density at radius 1 is 1.42 bits per heavy atom. The largest absolute Gasteiger partial charge is 0.444 e. The fraction of sp³-hybridized carbons (Fsp3) is 0.846. The van der Waals surface area contributed by atoms with Crippen LogP contribution in [0.25, 0.3) is 0 Å². The average molecular weight is 272 g/mol. The highest BCUT2D eigenvalue weighted by Gasteiger charge is 2.34.